The molecule has 2 aliphatic heterocycles. The van der Waals surface area contributed by atoms with Crippen molar-refractivity contribution in [3.63, 3.8) is 0 Å². The van der Waals surface area contributed by atoms with Crippen LogP contribution in [-0.2, 0) is 39.1 Å². The fourth-order valence-electron chi connectivity index (χ4n) is 4.85. The van der Waals surface area contributed by atoms with Crippen LogP contribution in [-0.4, -0.2) is 31.1 Å². The maximum absolute atomic E-state index is 14.6. The summed E-state index contributed by atoms with van der Waals surface area (Å²) in [6.07, 6.45) is 1.43. The molecule has 0 bridgehead atoms. The molecule has 3 N–H and O–H groups in total. The number of hydrogen-bond acceptors (Lipinski definition) is 7. The number of benzene rings is 1. The molecule has 10 heteroatoms. The summed E-state index contributed by atoms with van der Waals surface area (Å²) in [4.78, 5) is 30.4. The number of fused-ring (bicyclic) bond motifs is 5. The zero-order chi connectivity index (χ0) is 23.8. The second kappa shape index (κ2) is 7.28. The van der Waals surface area contributed by atoms with E-state index in [0.717, 1.165) is 0 Å². The summed E-state index contributed by atoms with van der Waals surface area (Å²) in [6, 6.07) is 3.84. The van der Waals surface area contributed by atoms with E-state index in [4.69, 9.17) is 10.5 Å². The number of rotatable bonds is 3. The summed E-state index contributed by atoms with van der Waals surface area (Å²) in [7, 11) is -1.55. The molecular formula is C23H22FN3O5S. The second-order valence-electron chi connectivity index (χ2n) is 8.50. The van der Waals surface area contributed by atoms with Gasteiger partial charge in [0, 0.05) is 34.9 Å². The third-order valence-corrected chi connectivity index (χ3v) is 7.48. The summed E-state index contributed by atoms with van der Waals surface area (Å²) in [6.45, 7) is 3.36. The summed E-state index contributed by atoms with van der Waals surface area (Å²) >= 11 is 0. The molecule has 2 aliphatic rings. The summed E-state index contributed by atoms with van der Waals surface area (Å²) in [5.41, 5.74) is 6.97. The summed E-state index contributed by atoms with van der Waals surface area (Å²) in [5, 5.41) is 11.6. The first-order valence-electron chi connectivity index (χ1n) is 10.5. The fourth-order valence-corrected chi connectivity index (χ4v) is 5.47. The highest BCUT2D eigenvalue weighted by atomic mass is 32.2. The van der Waals surface area contributed by atoms with E-state index >= 15 is 0 Å². The molecular weight excluding hydrogens is 449 g/mol. The standard InChI is InChI=1S/C23H22FN3O5S/c1-4-23(30)14-6-17-20-12(8-27(17)21(28)13(14)9-32-22(23)29)19(10(2)25)11-5-18(33(3)31)15(24)7-16(11)26-20/h5-7,10,30H,4,8-9,25H2,1-3H3/t10-,23-,33-/m0/s1. The number of hydrogen-bond donors (Lipinski definition) is 2. The van der Waals surface area contributed by atoms with Gasteiger partial charge in [-0.1, -0.05) is 6.92 Å². The number of ether oxygens (including phenoxy) is 1. The van der Waals surface area contributed by atoms with Gasteiger partial charge in [0.1, 0.15) is 12.4 Å². The third-order valence-electron chi connectivity index (χ3n) is 6.55. The number of nitrogens with two attached hydrogens (primary N) is 1. The Morgan fingerprint density at radius 2 is 2.06 bits per heavy atom. The van der Waals surface area contributed by atoms with Gasteiger partial charge in [-0.15, -0.1) is 0 Å². The van der Waals surface area contributed by atoms with Gasteiger partial charge < -0.3 is 20.1 Å². The molecule has 0 fully saturated rings. The van der Waals surface area contributed by atoms with Crippen LogP contribution >= 0.6 is 0 Å². The van der Waals surface area contributed by atoms with Crippen molar-refractivity contribution in [3.05, 3.63) is 56.6 Å². The first-order valence-corrected chi connectivity index (χ1v) is 12.1. The van der Waals surface area contributed by atoms with Gasteiger partial charge in [-0.25, -0.2) is 14.2 Å². The molecule has 0 radical (unpaired) electrons. The molecule has 0 saturated heterocycles. The van der Waals surface area contributed by atoms with E-state index in [1.54, 1.807) is 19.9 Å². The zero-order valence-corrected chi connectivity index (χ0v) is 19.1. The van der Waals surface area contributed by atoms with Crippen molar-refractivity contribution in [1.82, 2.24) is 9.55 Å². The Labute approximate surface area is 190 Å². The number of halogens is 1. The largest absolute Gasteiger partial charge is 0.458 e. The lowest BCUT2D eigenvalue weighted by Gasteiger charge is -2.31. The van der Waals surface area contributed by atoms with Crippen LogP contribution in [0.25, 0.3) is 22.3 Å². The number of esters is 1. The highest BCUT2D eigenvalue weighted by Crippen LogP contribution is 2.41. The molecule has 0 unspecified atom stereocenters. The average molecular weight is 472 g/mol. The molecule has 0 amide bonds. The number of carbonyl (C=O) groups excluding carboxylic acids is 1. The lowest BCUT2D eigenvalue weighted by atomic mass is 9.86. The Hall–Kier alpha value is -2.95. The van der Waals surface area contributed by atoms with E-state index in [9.17, 15) is 23.3 Å². The summed E-state index contributed by atoms with van der Waals surface area (Å²) in [5.74, 6) is -1.44. The van der Waals surface area contributed by atoms with Gasteiger partial charge in [-0.3, -0.25) is 9.00 Å². The minimum Gasteiger partial charge on any atom is -0.458 e. The van der Waals surface area contributed by atoms with Crippen molar-refractivity contribution in [2.45, 2.75) is 50.0 Å². The molecule has 5 rings (SSSR count). The maximum Gasteiger partial charge on any atom is 0.343 e. The van der Waals surface area contributed by atoms with Crippen molar-refractivity contribution in [3.8, 4) is 11.4 Å². The normalized spacial score (nSPS) is 20.7. The Morgan fingerprint density at radius 3 is 2.70 bits per heavy atom. The Morgan fingerprint density at radius 1 is 1.33 bits per heavy atom. The van der Waals surface area contributed by atoms with E-state index < -0.39 is 34.2 Å². The van der Waals surface area contributed by atoms with Gasteiger partial charge in [0.25, 0.3) is 5.56 Å². The van der Waals surface area contributed by atoms with Crippen LogP contribution in [0.15, 0.2) is 27.9 Å². The fraction of sp³-hybridized carbons (Fsp3) is 0.348. The topological polar surface area (TPSA) is 125 Å². The van der Waals surface area contributed by atoms with Crippen molar-refractivity contribution >= 4 is 27.7 Å². The van der Waals surface area contributed by atoms with E-state index in [2.05, 4.69) is 4.98 Å². The van der Waals surface area contributed by atoms with Crippen LogP contribution in [0.5, 0.6) is 0 Å². The van der Waals surface area contributed by atoms with E-state index in [-0.39, 0.29) is 41.2 Å². The van der Waals surface area contributed by atoms with Crippen LogP contribution in [0, 0.1) is 5.82 Å². The van der Waals surface area contributed by atoms with Gasteiger partial charge in [0.2, 0.25) is 0 Å². The number of pyridine rings is 2. The lowest BCUT2D eigenvalue weighted by molar-refractivity contribution is -0.172. The zero-order valence-electron chi connectivity index (χ0n) is 18.3. The molecule has 4 heterocycles. The number of nitrogens with zero attached hydrogens (tertiary/aromatic N) is 2. The molecule has 0 spiro atoms. The van der Waals surface area contributed by atoms with E-state index in [1.807, 2.05) is 0 Å². The Bertz CT molecular complexity index is 1470. The quantitative estimate of drug-likeness (QED) is 0.438. The van der Waals surface area contributed by atoms with Crippen LogP contribution < -0.4 is 11.3 Å². The van der Waals surface area contributed by atoms with Crippen molar-refractivity contribution < 1.29 is 23.2 Å². The van der Waals surface area contributed by atoms with Crippen molar-refractivity contribution in [2.24, 2.45) is 5.73 Å². The first-order chi connectivity index (χ1) is 15.6. The molecule has 3 atom stereocenters. The van der Waals surface area contributed by atoms with Crippen molar-refractivity contribution in [2.75, 3.05) is 6.26 Å². The lowest BCUT2D eigenvalue weighted by Crippen LogP contribution is -2.44. The monoisotopic (exact) mass is 471 g/mol. The van der Waals surface area contributed by atoms with Crippen LogP contribution in [0.3, 0.4) is 0 Å². The summed E-state index contributed by atoms with van der Waals surface area (Å²) < 4.78 is 33.2. The SMILES string of the molecule is CC[C@@]1(O)C(=O)OCc2c1cc1n(c2=O)Cc2c-1nc1cc(F)c([S@](C)=O)cc1c2[C@H](C)N. The van der Waals surface area contributed by atoms with Gasteiger partial charge in [0.15, 0.2) is 5.60 Å². The molecule has 0 saturated carbocycles. The van der Waals surface area contributed by atoms with Gasteiger partial charge >= 0.3 is 5.97 Å². The molecule has 172 valence electrons. The molecule has 8 nitrogen and oxygen atoms in total. The second-order valence-corrected chi connectivity index (χ2v) is 9.85. The van der Waals surface area contributed by atoms with Gasteiger partial charge in [0.05, 0.1) is 44.7 Å². The minimum atomic E-state index is -1.93. The van der Waals surface area contributed by atoms with E-state index in [1.165, 1.54) is 23.0 Å². The first kappa shape index (κ1) is 21.9. The van der Waals surface area contributed by atoms with Crippen LogP contribution in [0.2, 0.25) is 0 Å². The molecule has 3 aromatic rings. The average Bonchev–Trinajstić information content (AvgIpc) is 3.12. The minimum absolute atomic E-state index is 0.0347. The number of carbonyl (C=O) groups is 1. The van der Waals surface area contributed by atoms with Crippen LogP contribution in [0.1, 0.15) is 48.6 Å². The highest BCUT2D eigenvalue weighted by Gasteiger charge is 2.45. The molecule has 2 aromatic heterocycles. The number of aromatic nitrogens is 2. The van der Waals surface area contributed by atoms with E-state index in [0.29, 0.717) is 33.4 Å². The van der Waals surface area contributed by atoms with Crippen LogP contribution in [0.4, 0.5) is 4.39 Å². The molecule has 1 aromatic carbocycles. The Kier molecular flexibility index (Phi) is 4.82. The highest BCUT2D eigenvalue weighted by molar-refractivity contribution is 7.84. The predicted molar refractivity (Wildman–Crippen MR) is 119 cm³/mol. The number of cyclic esters (lactones) is 1. The van der Waals surface area contributed by atoms with Gasteiger partial charge in [-0.2, -0.15) is 0 Å². The smallest absolute Gasteiger partial charge is 0.343 e. The predicted octanol–water partition coefficient (Wildman–Crippen LogP) is 1.98. The molecule has 33 heavy (non-hydrogen) atoms. The third kappa shape index (κ3) is 2.94. The maximum atomic E-state index is 14.6. The molecule has 0 aliphatic carbocycles. The Balaban J connectivity index is 1.85. The number of aliphatic hydroxyl groups is 1. The van der Waals surface area contributed by atoms with Crippen molar-refractivity contribution in [1.29, 1.82) is 0 Å². The van der Waals surface area contributed by atoms with Gasteiger partial charge in [-0.05, 0) is 31.0 Å².